The first-order valence-electron chi connectivity index (χ1n) is 11.8. The maximum atomic E-state index is 12.9. The minimum Gasteiger partial charge on any atom is -0.375 e. The third-order valence-corrected chi connectivity index (χ3v) is 5.35. The molecule has 188 valence electrons. The number of nitrogens with one attached hydrogen (secondary N) is 2. The van der Waals surface area contributed by atoms with Crippen molar-refractivity contribution in [1.82, 2.24) is 10.6 Å². The third-order valence-electron chi connectivity index (χ3n) is 5.10. The van der Waals surface area contributed by atoms with E-state index in [0.29, 0.717) is 42.4 Å². The molecule has 2 aromatic carbocycles. The number of ether oxygens (including phenoxy) is 2. The molecule has 1 unspecified atom stereocenters. The van der Waals surface area contributed by atoms with E-state index in [4.69, 9.17) is 21.1 Å². The number of Topliss-reactive ketones (excluding diaryl/α,β-unsaturated/α-hetero) is 1. The fourth-order valence-corrected chi connectivity index (χ4v) is 3.43. The lowest BCUT2D eigenvalue weighted by Gasteiger charge is -2.18. The predicted octanol–water partition coefficient (Wildman–Crippen LogP) is 3.89. The molecular formula is C27H33ClN2O5. The smallest absolute Gasteiger partial charge is 0.289 e. The number of rotatable bonds is 5. The van der Waals surface area contributed by atoms with Gasteiger partial charge in [0.15, 0.2) is 0 Å². The second-order valence-electron chi connectivity index (χ2n) is 7.51. The molecule has 0 bridgehead atoms. The molecule has 2 N–H and O–H groups in total. The first kappa shape index (κ1) is 28.2. The van der Waals surface area contributed by atoms with Gasteiger partial charge in [-0.25, -0.2) is 0 Å². The Morgan fingerprint density at radius 3 is 2.51 bits per heavy atom. The van der Waals surface area contributed by atoms with Gasteiger partial charge >= 0.3 is 0 Å². The molecule has 0 fully saturated rings. The lowest BCUT2D eigenvalue weighted by Crippen LogP contribution is -2.47. The quantitative estimate of drug-likeness (QED) is 0.480. The molecule has 8 heteroatoms. The average Bonchev–Trinajstić information content (AvgIpc) is 2.88. The zero-order valence-corrected chi connectivity index (χ0v) is 21.0. The maximum absolute atomic E-state index is 12.9. The third kappa shape index (κ3) is 9.64. The average molecular weight is 501 g/mol. The molecule has 0 spiro atoms. The summed E-state index contributed by atoms with van der Waals surface area (Å²) in [7, 11) is 0. The Hall–Kier alpha value is -3.00. The van der Waals surface area contributed by atoms with Crippen LogP contribution in [0, 0.1) is 0 Å². The van der Waals surface area contributed by atoms with Crippen LogP contribution in [0.5, 0.6) is 0 Å². The van der Waals surface area contributed by atoms with Gasteiger partial charge < -0.3 is 20.1 Å². The number of halogens is 1. The second-order valence-corrected chi connectivity index (χ2v) is 7.95. The van der Waals surface area contributed by atoms with E-state index in [-0.39, 0.29) is 19.6 Å². The Bertz CT molecular complexity index is 991. The zero-order chi connectivity index (χ0) is 25.5. The summed E-state index contributed by atoms with van der Waals surface area (Å²) in [4.78, 5) is 38.3. The van der Waals surface area contributed by atoms with Crippen molar-refractivity contribution in [3.8, 4) is 0 Å². The molecule has 35 heavy (non-hydrogen) atoms. The van der Waals surface area contributed by atoms with Crippen molar-refractivity contribution in [2.24, 2.45) is 0 Å². The Morgan fingerprint density at radius 1 is 1.03 bits per heavy atom. The highest BCUT2D eigenvalue weighted by atomic mass is 35.5. The summed E-state index contributed by atoms with van der Waals surface area (Å²) in [5.41, 5.74) is 2.09. The molecule has 0 saturated heterocycles. The number of benzene rings is 2. The highest BCUT2D eigenvalue weighted by molar-refractivity contribution is 6.38. The first-order chi connectivity index (χ1) is 17.0. The number of hydrogen-bond acceptors (Lipinski definition) is 5. The zero-order valence-electron chi connectivity index (χ0n) is 20.2. The highest BCUT2D eigenvalue weighted by Crippen LogP contribution is 2.12. The van der Waals surface area contributed by atoms with Gasteiger partial charge in [-0.1, -0.05) is 67.9 Å². The predicted molar refractivity (Wildman–Crippen MR) is 136 cm³/mol. The number of ketones is 1. The number of fused-ring (bicyclic) bond motifs is 1. The van der Waals surface area contributed by atoms with Gasteiger partial charge in [0.25, 0.3) is 11.8 Å². The Morgan fingerprint density at radius 2 is 1.74 bits per heavy atom. The van der Waals surface area contributed by atoms with Gasteiger partial charge in [0.1, 0.15) is 6.04 Å². The van der Waals surface area contributed by atoms with Crippen LogP contribution in [0.15, 0.2) is 60.7 Å². The van der Waals surface area contributed by atoms with Crippen molar-refractivity contribution >= 4 is 29.2 Å². The van der Waals surface area contributed by atoms with Crippen molar-refractivity contribution < 1.29 is 23.9 Å². The summed E-state index contributed by atoms with van der Waals surface area (Å²) in [6, 6.07) is 13.3. The van der Waals surface area contributed by atoms with Crippen molar-refractivity contribution in [3.05, 3.63) is 82.4 Å². The Labute approximate surface area is 211 Å². The van der Waals surface area contributed by atoms with E-state index in [1.54, 1.807) is 42.5 Å². The van der Waals surface area contributed by atoms with Crippen LogP contribution in [0.4, 0.5) is 0 Å². The fraction of sp³-hybridized carbons (Fsp3) is 0.370. The van der Waals surface area contributed by atoms with Gasteiger partial charge in [-0.15, -0.1) is 0 Å². The Kier molecular flexibility index (Phi) is 12.8. The summed E-state index contributed by atoms with van der Waals surface area (Å²) >= 11 is 5.88. The van der Waals surface area contributed by atoms with E-state index in [9.17, 15) is 14.4 Å². The minimum absolute atomic E-state index is 0.178. The molecule has 1 aliphatic rings. The van der Waals surface area contributed by atoms with Crippen LogP contribution in [0.3, 0.4) is 0 Å². The molecule has 7 nitrogen and oxygen atoms in total. The van der Waals surface area contributed by atoms with Crippen LogP contribution < -0.4 is 10.6 Å². The second kappa shape index (κ2) is 15.8. The van der Waals surface area contributed by atoms with Crippen molar-refractivity contribution in [2.75, 3.05) is 26.4 Å². The molecule has 0 aliphatic carbocycles. The van der Waals surface area contributed by atoms with Crippen LogP contribution in [0.2, 0.25) is 5.02 Å². The molecule has 2 amide bonds. The van der Waals surface area contributed by atoms with E-state index in [0.717, 1.165) is 5.56 Å². The summed E-state index contributed by atoms with van der Waals surface area (Å²) in [5, 5.41) is 5.98. The summed E-state index contributed by atoms with van der Waals surface area (Å²) in [5.74, 6) is -1.87. The minimum atomic E-state index is -0.999. The van der Waals surface area contributed by atoms with Crippen molar-refractivity contribution in [2.45, 2.75) is 39.3 Å². The monoisotopic (exact) mass is 500 g/mol. The number of amides is 2. The topological polar surface area (TPSA) is 93.7 Å². The summed E-state index contributed by atoms with van der Waals surface area (Å²) < 4.78 is 11.0. The fourth-order valence-electron chi connectivity index (χ4n) is 3.30. The van der Waals surface area contributed by atoms with Crippen LogP contribution >= 0.6 is 11.6 Å². The van der Waals surface area contributed by atoms with Gasteiger partial charge in [-0.05, 0) is 42.2 Å². The molecule has 3 rings (SSSR count). The van der Waals surface area contributed by atoms with Gasteiger partial charge in [0.05, 0.1) is 26.4 Å². The number of carbonyl (C=O) groups excluding carboxylic acids is 3. The molecule has 0 saturated carbocycles. The van der Waals surface area contributed by atoms with Gasteiger partial charge in [-0.2, -0.15) is 0 Å². The lowest BCUT2D eigenvalue weighted by atomic mass is 10.0. The van der Waals surface area contributed by atoms with Gasteiger partial charge in [0, 0.05) is 17.1 Å². The van der Waals surface area contributed by atoms with Crippen LogP contribution in [-0.2, 0) is 32.1 Å². The molecule has 1 aliphatic heterocycles. The maximum Gasteiger partial charge on any atom is 0.289 e. The van der Waals surface area contributed by atoms with E-state index in [1.165, 1.54) is 0 Å². The summed E-state index contributed by atoms with van der Waals surface area (Å²) in [6.45, 7) is 5.70. The van der Waals surface area contributed by atoms with Crippen molar-refractivity contribution in [1.29, 1.82) is 0 Å². The summed E-state index contributed by atoms with van der Waals surface area (Å²) in [6.07, 6.45) is 4.21. The Balaban J connectivity index is 0.00000210. The van der Waals surface area contributed by atoms with Gasteiger partial charge in [0.2, 0.25) is 5.78 Å². The molecular weight excluding hydrogens is 468 g/mol. The standard InChI is InChI=1S/C25H27ClN2O5.C2H6/c26-20-10-8-18(9-11-20)12-13-27-25(31)23(29)22-7-3-4-14-32-15-16-33-17-19-5-1-2-6-21(19)24(30)28-22;1-2/h1-6,8-11,22H,7,12-17H2,(H,27,31)(H,28,30);1-2H3/b4-3+;. The van der Waals surface area contributed by atoms with Crippen LogP contribution in [0.25, 0.3) is 0 Å². The van der Waals surface area contributed by atoms with Crippen LogP contribution in [-0.4, -0.2) is 50.0 Å². The molecule has 0 aromatic heterocycles. The number of hydrogen-bond donors (Lipinski definition) is 2. The molecule has 1 atom stereocenters. The van der Waals surface area contributed by atoms with E-state index in [1.807, 2.05) is 32.0 Å². The molecule has 0 radical (unpaired) electrons. The van der Waals surface area contributed by atoms with E-state index < -0.39 is 23.6 Å². The van der Waals surface area contributed by atoms with Gasteiger partial charge in [-0.3, -0.25) is 14.4 Å². The van der Waals surface area contributed by atoms with Crippen molar-refractivity contribution in [3.63, 3.8) is 0 Å². The lowest BCUT2D eigenvalue weighted by molar-refractivity contribution is -0.138. The van der Waals surface area contributed by atoms with E-state index >= 15 is 0 Å². The first-order valence-corrected chi connectivity index (χ1v) is 12.2. The largest absolute Gasteiger partial charge is 0.375 e. The molecule has 1 heterocycles. The SMILES string of the molecule is CC.O=C(NCCc1ccc(Cl)cc1)C(=O)C1C/C=C/COCCOCc2ccccc2C(=O)N1. The molecule has 2 aromatic rings. The van der Waals surface area contributed by atoms with E-state index in [2.05, 4.69) is 10.6 Å². The van der Waals surface area contributed by atoms with Crippen LogP contribution in [0.1, 0.15) is 41.8 Å². The number of carbonyl (C=O) groups is 3. The normalized spacial score (nSPS) is 17.5. The highest BCUT2D eigenvalue weighted by Gasteiger charge is 2.27.